The summed E-state index contributed by atoms with van der Waals surface area (Å²) in [6, 6.07) is 17.1. The van der Waals surface area contributed by atoms with Crippen molar-refractivity contribution in [1.29, 1.82) is 0 Å². The largest absolute Gasteiger partial charge is 0.454 e. The van der Waals surface area contributed by atoms with Crippen molar-refractivity contribution in [2.24, 2.45) is 0 Å². The van der Waals surface area contributed by atoms with Crippen molar-refractivity contribution in [3.05, 3.63) is 87.9 Å². The van der Waals surface area contributed by atoms with E-state index in [-0.39, 0.29) is 27.8 Å². The fourth-order valence-corrected chi connectivity index (χ4v) is 5.07. The summed E-state index contributed by atoms with van der Waals surface area (Å²) in [4.78, 5) is 37.9. The molecule has 0 saturated carbocycles. The fraction of sp³-hybridized carbons (Fsp3) is 0.160. The molecule has 0 aliphatic carbocycles. The van der Waals surface area contributed by atoms with Gasteiger partial charge in [0.05, 0.1) is 10.5 Å². The molecular weight excluding hydrogens is 536 g/mol. The smallest absolute Gasteiger partial charge is 0.338 e. The second-order valence-electron chi connectivity index (χ2n) is 7.90. The molecule has 0 spiro atoms. The van der Waals surface area contributed by atoms with E-state index in [2.05, 4.69) is 20.7 Å². The van der Waals surface area contributed by atoms with Crippen molar-refractivity contribution in [1.82, 2.24) is 0 Å². The van der Waals surface area contributed by atoms with Crippen LogP contribution in [-0.4, -0.2) is 39.2 Å². The molecule has 0 saturated heterocycles. The predicted molar refractivity (Wildman–Crippen MR) is 134 cm³/mol. The molecule has 1 N–H and O–H groups in total. The van der Waals surface area contributed by atoms with Gasteiger partial charge in [0.15, 0.2) is 12.4 Å². The van der Waals surface area contributed by atoms with Crippen LogP contribution < -0.4 is 9.62 Å². The molecular formula is C25H21BrN2O6S. The number of rotatable bonds is 7. The number of amides is 1. The van der Waals surface area contributed by atoms with Gasteiger partial charge in [-0.15, -0.1) is 0 Å². The van der Waals surface area contributed by atoms with Gasteiger partial charge < -0.3 is 9.64 Å². The molecule has 8 nitrogen and oxygen atoms in total. The molecule has 0 radical (unpaired) electrons. The van der Waals surface area contributed by atoms with Gasteiger partial charge in [-0.25, -0.2) is 13.2 Å². The molecule has 1 heterocycles. The Labute approximate surface area is 211 Å². The van der Waals surface area contributed by atoms with Crippen LogP contribution in [0.25, 0.3) is 0 Å². The highest BCUT2D eigenvalue weighted by Crippen LogP contribution is 2.30. The minimum absolute atomic E-state index is 0.0802. The summed E-state index contributed by atoms with van der Waals surface area (Å²) in [5.74, 6) is -1.12. The highest BCUT2D eigenvalue weighted by Gasteiger charge is 2.25. The summed E-state index contributed by atoms with van der Waals surface area (Å²) in [6.07, 6.45) is 0.583. The van der Waals surface area contributed by atoms with E-state index in [1.165, 1.54) is 37.3 Å². The van der Waals surface area contributed by atoms with Crippen molar-refractivity contribution in [3.63, 3.8) is 0 Å². The van der Waals surface area contributed by atoms with Gasteiger partial charge in [-0.2, -0.15) is 0 Å². The lowest BCUT2D eigenvalue weighted by Crippen LogP contribution is -2.25. The van der Waals surface area contributed by atoms with Gasteiger partial charge in [0.1, 0.15) is 0 Å². The fourth-order valence-electron chi connectivity index (χ4n) is 3.69. The zero-order valence-corrected chi connectivity index (χ0v) is 21.1. The molecule has 3 aromatic carbocycles. The van der Waals surface area contributed by atoms with Crippen LogP contribution in [-0.2, 0) is 26.0 Å². The third kappa shape index (κ3) is 5.60. The van der Waals surface area contributed by atoms with Crippen LogP contribution in [0.1, 0.15) is 33.2 Å². The number of halogens is 1. The lowest BCUT2D eigenvalue weighted by Gasteiger charge is -2.15. The van der Waals surface area contributed by atoms with E-state index in [1.54, 1.807) is 41.3 Å². The summed E-state index contributed by atoms with van der Waals surface area (Å²) in [6.45, 7) is 1.59. The summed E-state index contributed by atoms with van der Waals surface area (Å²) in [5.41, 5.74) is 2.37. The maximum atomic E-state index is 12.8. The minimum atomic E-state index is -3.88. The standard InChI is InChI=1S/C25H21BrN2O6S/c1-16(29)28-13-12-19-14-22(10-11-23(19)28)35(32,33)27-21-8-4-18(5-9-21)25(31)34-15-24(30)17-2-6-20(26)7-3-17/h2-11,14,27H,12-13,15H2,1H3. The Morgan fingerprint density at radius 2 is 1.63 bits per heavy atom. The van der Waals surface area contributed by atoms with Crippen molar-refractivity contribution in [2.75, 3.05) is 22.8 Å². The molecule has 10 heteroatoms. The van der Waals surface area contributed by atoms with Crippen LogP contribution in [0.4, 0.5) is 11.4 Å². The van der Waals surface area contributed by atoms with Crippen molar-refractivity contribution >= 4 is 55.0 Å². The Kier molecular flexibility index (Phi) is 7.04. The molecule has 35 heavy (non-hydrogen) atoms. The van der Waals surface area contributed by atoms with Crippen LogP contribution in [0.2, 0.25) is 0 Å². The first-order valence-corrected chi connectivity index (χ1v) is 12.9. The number of carbonyl (C=O) groups excluding carboxylic acids is 3. The maximum Gasteiger partial charge on any atom is 0.338 e. The molecule has 1 aliphatic rings. The number of ketones is 1. The number of carbonyl (C=O) groups is 3. The van der Waals surface area contributed by atoms with Gasteiger partial charge in [-0.05, 0) is 66.6 Å². The monoisotopic (exact) mass is 556 g/mol. The molecule has 3 aromatic rings. The minimum Gasteiger partial charge on any atom is -0.454 e. The molecule has 1 aliphatic heterocycles. The number of hydrogen-bond donors (Lipinski definition) is 1. The molecule has 180 valence electrons. The topological polar surface area (TPSA) is 110 Å². The van der Waals surface area contributed by atoms with Crippen LogP contribution in [0.3, 0.4) is 0 Å². The molecule has 0 atom stereocenters. The Morgan fingerprint density at radius 1 is 0.971 bits per heavy atom. The van der Waals surface area contributed by atoms with E-state index in [4.69, 9.17) is 4.74 Å². The predicted octanol–water partition coefficient (Wildman–Crippen LogP) is 4.20. The second-order valence-corrected chi connectivity index (χ2v) is 10.5. The molecule has 1 amide bonds. The van der Waals surface area contributed by atoms with Crippen LogP contribution >= 0.6 is 15.9 Å². The lowest BCUT2D eigenvalue weighted by atomic mass is 10.1. The van der Waals surface area contributed by atoms with E-state index in [0.29, 0.717) is 18.5 Å². The van der Waals surface area contributed by atoms with Crippen molar-refractivity contribution < 1.29 is 27.5 Å². The highest BCUT2D eigenvalue weighted by molar-refractivity contribution is 9.10. The number of Topliss-reactive ketones (excluding diaryl/α,β-unsaturated/α-hetero) is 1. The van der Waals surface area contributed by atoms with Gasteiger partial charge in [0.25, 0.3) is 10.0 Å². The first-order chi connectivity index (χ1) is 16.6. The first kappa shape index (κ1) is 24.6. The van der Waals surface area contributed by atoms with Gasteiger partial charge >= 0.3 is 5.97 Å². The number of nitrogens with zero attached hydrogens (tertiary/aromatic N) is 1. The maximum absolute atomic E-state index is 12.8. The Morgan fingerprint density at radius 3 is 2.29 bits per heavy atom. The number of sulfonamides is 1. The summed E-state index contributed by atoms with van der Waals surface area (Å²) < 4.78 is 34.1. The van der Waals surface area contributed by atoms with Crippen molar-refractivity contribution in [2.45, 2.75) is 18.2 Å². The number of fused-ring (bicyclic) bond motifs is 1. The number of benzene rings is 3. The first-order valence-electron chi connectivity index (χ1n) is 10.6. The van der Waals surface area contributed by atoms with Crippen LogP contribution in [0, 0.1) is 0 Å². The second kappa shape index (κ2) is 10.0. The van der Waals surface area contributed by atoms with E-state index < -0.39 is 22.6 Å². The van der Waals surface area contributed by atoms with Gasteiger partial charge in [0.2, 0.25) is 5.91 Å². The summed E-state index contributed by atoms with van der Waals surface area (Å²) in [5, 5.41) is 0. The van der Waals surface area contributed by atoms with Gasteiger partial charge in [-0.3, -0.25) is 14.3 Å². The molecule has 0 aromatic heterocycles. The highest BCUT2D eigenvalue weighted by atomic mass is 79.9. The Balaban J connectivity index is 1.39. The SMILES string of the molecule is CC(=O)N1CCc2cc(S(=O)(=O)Nc3ccc(C(=O)OCC(=O)c4ccc(Br)cc4)cc3)ccc21. The van der Waals surface area contributed by atoms with E-state index >= 15 is 0 Å². The molecule has 4 rings (SSSR count). The average molecular weight is 557 g/mol. The number of anilines is 2. The quantitative estimate of drug-likeness (QED) is 0.345. The third-order valence-electron chi connectivity index (χ3n) is 5.51. The third-order valence-corrected chi connectivity index (χ3v) is 7.42. The van der Waals surface area contributed by atoms with E-state index in [0.717, 1.165) is 15.7 Å². The average Bonchev–Trinajstić information content (AvgIpc) is 3.27. The number of ether oxygens (including phenoxy) is 1. The van der Waals surface area contributed by atoms with E-state index in [1.807, 2.05) is 0 Å². The normalized spacial score (nSPS) is 12.7. The zero-order valence-electron chi connectivity index (χ0n) is 18.7. The Hall–Kier alpha value is -3.50. The zero-order chi connectivity index (χ0) is 25.2. The molecule has 0 fully saturated rings. The van der Waals surface area contributed by atoms with Crippen molar-refractivity contribution in [3.8, 4) is 0 Å². The van der Waals surface area contributed by atoms with Crippen LogP contribution in [0.5, 0.6) is 0 Å². The van der Waals surface area contributed by atoms with Crippen LogP contribution in [0.15, 0.2) is 76.1 Å². The molecule has 0 bridgehead atoms. The Bertz CT molecular complexity index is 1400. The van der Waals surface area contributed by atoms with Gasteiger partial charge in [0, 0.05) is 34.9 Å². The number of hydrogen-bond acceptors (Lipinski definition) is 6. The lowest BCUT2D eigenvalue weighted by molar-refractivity contribution is -0.116. The number of nitrogens with one attached hydrogen (secondary N) is 1. The molecule has 0 unspecified atom stereocenters. The van der Waals surface area contributed by atoms with Gasteiger partial charge in [-0.1, -0.05) is 28.1 Å². The number of esters is 1. The summed E-state index contributed by atoms with van der Waals surface area (Å²) in [7, 11) is -3.88. The van der Waals surface area contributed by atoms with E-state index in [9.17, 15) is 22.8 Å². The summed E-state index contributed by atoms with van der Waals surface area (Å²) >= 11 is 3.29.